The number of aromatic nitrogens is 3. The molecule has 5 rings (SSSR count). The number of carbonyl (C=O) groups is 2. The largest absolute Gasteiger partial charge is 0.354 e. The minimum absolute atomic E-state index is 0.00891. The van der Waals surface area contributed by atoms with Crippen molar-refractivity contribution in [3.63, 3.8) is 0 Å². The van der Waals surface area contributed by atoms with Gasteiger partial charge in [-0.15, -0.1) is 10.2 Å². The van der Waals surface area contributed by atoms with Crippen molar-refractivity contribution in [2.75, 3.05) is 19.6 Å². The lowest BCUT2D eigenvalue weighted by molar-refractivity contribution is -0.133. The molecule has 9 heteroatoms. The lowest BCUT2D eigenvalue weighted by atomic mass is 9.99. The van der Waals surface area contributed by atoms with E-state index in [-0.39, 0.29) is 30.1 Å². The van der Waals surface area contributed by atoms with Crippen molar-refractivity contribution in [1.29, 1.82) is 0 Å². The molecule has 1 aliphatic heterocycles. The molecule has 0 aliphatic carbocycles. The number of nitrogens with one attached hydrogen (secondary N) is 1. The molecule has 0 saturated carbocycles. The maximum Gasteiger partial charge on any atom is 0.239 e. The molecule has 0 unspecified atom stereocenters. The summed E-state index contributed by atoms with van der Waals surface area (Å²) in [4.78, 5) is 26.8. The van der Waals surface area contributed by atoms with Crippen LogP contribution in [0, 0.1) is 12.7 Å². The van der Waals surface area contributed by atoms with Gasteiger partial charge < -0.3 is 10.2 Å². The van der Waals surface area contributed by atoms with E-state index in [2.05, 4.69) is 34.6 Å². The van der Waals surface area contributed by atoms with Crippen LogP contribution in [0.2, 0.25) is 0 Å². The van der Waals surface area contributed by atoms with E-state index in [1.165, 1.54) is 23.3 Å². The first-order valence-corrected chi connectivity index (χ1v) is 13.9. The summed E-state index contributed by atoms with van der Waals surface area (Å²) < 4.78 is 15.5. The zero-order valence-corrected chi connectivity index (χ0v) is 22.5. The van der Waals surface area contributed by atoms with Crippen LogP contribution in [0.25, 0.3) is 5.69 Å². The van der Waals surface area contributed by atoms with Crippen molar-refractivity contribution in [3.8, 4) is 5.69 Å². The monoisotopic (exact) mass is 543 g/mol. The van der Waals surface area contributed by atoms with Crippen LogP contribution in [0.15, 0.2) is 84.0 Å². The number of hydrogen-bond donors (Lipinski definition) is 1. The van der Waals surface area contributed by atoms with E-state index in [1.807, 2.05) is 47.0 Å². The molecule has 3 aromatic carbocycles. The predicted molar refractivity (Wildman–Crippen MR) is 149 cm³/mol. The Hall–Kier alpha value is -3.98. The van der Waals surface area contributed by atoms with Crippen LogP contribution < -0.4 is 5.32 Å². The third-order valence-corrected chi connectivity index (χ3v) is 7.87. The minimum atomic E-state index is -0.319. The summed E-state index contributed by atoms with van der Waals surface area (Å²) in [7, 11) is 0. The van der Waals surface area contributed by atoms with Crippen LogP contribution in [0.5, 0.6) is 0 Å². The predicted octanol–water partition coefficient (Wildman–Crippen LogP) is 4.68. The van der Waals surface area contributed by atoms with E-state index in [4.69, 9.17) is 0 Å². The minimum Gasteiger partial charge on any atom is -0.354 e. The van der Waals surface area contributed by atoms with E-state index in [0.717, 1.165) is 17.0 Å². The Morgan fingerprint density at radius 1 is 1.03 bits per heavy atom. The van der Waals surface area contributed by atoms with E-state index in [9.17, 15) is 14.0 Å². The summed E-state index contributed by atoms with van der Waals surface area (Å²) in [5, 5.41) is 12.4. The van der Waals surface area contributed by atoms with E-state index in [0.29, 0.717) is 36.9 Å². The number of likely N-dealkylation sites (tertiary alicyclic amines) is 1. The number of hydrogen-bond acceptors (Lipinski definition) is 5. The Morgan fingerprint density at radius 2 is 1.77 bits per heavy atom. The van der Waals surface area contributed by atoms with Gasteiger partial charge in [-0.1, -0.05) is 66.4 Å². The Morgan fingerprint density at radius 3 is 2.54 bits per heavy atom. The van der Waals surface area contributed by atoms with Crippen LogP contribution in [0.3, 0.4) is 0 Å². The van der Waals surface area contributed by atoms with Crippen molar-refractivity contribution < 1.29 is 14.0 Å². The van der Waals surface area contributed by atoms with Crippen molar-refractivity contribution in [1.82, 2.24) is 25.0 Å². The maximum absolute atomic E-state index is 13.6. The first-order chi connectivity index (χ1) is 19.0. The molecule has 0 radical (unpaired) electrons. The first-order valence-electron chi connectivity index (χ1n) is 12.9. The number of halogens is 1. The molecule has 1 fully saturated rings. The third kappa shape index (κ3) is 6.54. The molecule has 2 amide bonds. The van der Waals surface area contributed by atoms with E-state index in [1.54, 1.807) is 28.8 Å². The van der Waals surface area contributed by atoms with Crippen LogP contribution in [-0.2, 0) is 21.8 Å². The quantitative estimate of drug-likeness (QED) is 0.294. The zero-order valence-electron chi connectivity index (χ0n) is 21.7. The highest BCUT2D eigenvalue weighted by atomic mass is 32.2. The topological polar surface area (TPSA) is 80.1 Å². The standard InChI is InChI=1S/C30H30FN5O2S/c1-21-7-5-6-10-23(21)20-39-30-34-33-27(36(30)26-13-11-25(31)12-14-26)15-16-32-28(37)19-35-18-24(17-29(35)38)22-8-3-2-4-9-22/h2-14,24H,15-20H2,1H3,(H,32,37)/t24-/m0/s1. The van der Waals surface area contributed by atoms with Gasteiger partial charge in [0.1, 0.15) is 11.6 Å². The van der Waals surface area contributed by atoms with Gasteiger partial charge in [-0.25, -0.2) is 4.39 Å². The smallest absolute Gasteiger partial charge is 0.239 e. The number of carbonyl (C=O) groups excluding carboxylic acids is 2. The lowest BCUT2D eigenvalue weighted by Gasteiger charge is -2.16. The molecule has 1 aliphatic rings. The van der Waals surface area contributed by atoms with Crippen molar-refractivity contribution in [2.45, 2.75) is 36.6 Å². The molecule has 2 heterocycles. The summed E-state index contributed by atoms with van der Waals surface area (Å²) in [5.41, 5.74) is 4.28. The van der Waals surface area contributed by atoms with Gasteiger partial charge in [-0.3, -0.25) is 14.2 Å². The third-order valence-electron chi connectivity index (χ3n) is 6.89. The summed E-state index contributed by atoms with van der Waals surface area (Å²) in [5.74, 6) is 0.952. The molecule has 1 saturated heterocycles. The van der Waals surface area contributed by atoms with Crippen molar-refractivity contribution in [2.24, 2.45) is 0 Å². The van der Waals surface area contributed by atoms with Gasteiger partial charge in [-0.2, -0.15) is 0 Å². The highest BCUT2D eigenvalue weighted by Crippen LogP contribution is 2.28. The fourth-order valence-electron chi connectivity index (χ4n) is 4.74. The number of amides is 2. The van der Waals surface area contributed by atoms with Crippen LogP contribution in [0.1, 0.15) is 34.9 Å². The molecule has 1 aromatic heterocycles. The van der Waals surface area contributed by atoms with Gasteiger partial charge in [0, 0.05) is 43.3 Å². The summed E-state index contributed by atoms with van der Waals surface area (Å²) in [6.45, 7) is 2.98. The average molecular weight is 544 g/mol. The zero-order chi connectivity index (χ0) is 27.2. The van der Waals surface area contributed by atoms with Crippen molar-refractivity contribution >= 4 is 23.6 Å². The molecule has 4 aromatic rings. The Balaban J connectivity index is 1.21. The van der Waals surface area contributed by atoms with Gasteiger partial charge in [-0.05, 0) is 47.9 Å². The lowest BCUT2D eigenvalue weighted by Crippen LogP contribution is -2.38. The summed E-state index contributed by atoms with van der Waals surface area (Å²) >= 11 is 1.56. The van der Waals surface area contributed by atoms with Crippen LogP contribution >= 0.6 is 11.8 Å². The highest BCUT2D eigenvalue weighted by molar-refractivity contribution is 7.98. The van der Waals surface area contributed by atoms with E-state index < -0.39 is 0 Å². The number of aryl methyl sites for hydroxylation is 1. The number of rotatable bonds is 10. The fourth-order valence-corrected chi connectivity index (χ4v) is 5.78. The second kappa shape index (κ2) is 12.3. The summed E-state index contributed by atoms with van der Waals surface area (Å²) in [6, 6.07) is 24.3. The molecule has 1 N–H and O–H groups in total. The van der Waals surface area contributed by atoms with Gasteiger partial charge in [0.2, 0.25) is 11.8 Å². The fraction of sp³-hybridized carbons (Fsp3) is 0.267. The first kappa shape index (κ1) is 26.6. The Kier molecular flexibility index (Phi) is 8.36. The summed E-state index contributed by atoms with van der Waals surface area (Å²) in [6.07, 6.45) is 0.850. The van der Waals surface area contributed by atoms with Gasteiger partial charge in [0.05, 0.1) is 6.54 Å². The van der Waals surface area contributed by atoms with Crippen LogP contribution in [-0.4, -0.2) is 51.1 Å². The van der Waals surface area contributed by atoms with E-state index >= 15 is 0 Å². The Labute approximate surface area is 231 Å². The highest BCUT2D eigenvalue weighted by Gasteiger charge is 2.31. The average Bonchev–Trinajstić information content (AvgIpc) is 3.52. The molecular formula is C30H30FN5O2S. The van der Waals surface area contributed by atoms with Gasteiger partial charge in [0.15, 0.2) is 5.16 Å². The SMILES string of the molecule is Cc1ccccc1CSc1nnc(CCNC(=O)CN2C[C@@H](c3ccccc3)CC2=O)n1-c1ccc(F)cc1. The van der Waals surface area contributed by atoms with Gasteiger partial charge in [0.25, 0.3) is 0 Å². The van der Waals surface area contributed by atoms with Gasteiger partial charge >= 0.3 is 0 Å². The van der Waals surface area contributed by atoms with Crippen LogP contribution in [0.4, 0.5) is 4.39 Å². The maximum atomic E-state index is 13.6. The number of thioether (sulfide) groups is 1. The number of benzene rings is 3. The molecule has 7 nitrogen and oxygen atoms in total. The molecular weight excluding hydrogens is 513 g/mol. The molecule has 39 heavy (non-hydrogen) atoms. The molecule has 1 atom stereocenters. The molecule has 200 valence electrons. The van der Waals surface area contributed by atoms with Crippen molar-refractivity contribution in [3.05, 3.63) is 107 Å². The molecule has 0 spiro atoms. The Bertz CT molecular complexity index is 1440. The second-order valence-electron chi connectivity index (χ2n) is 9.61. The molecule has 0 bridgehead atoms. The number of nitrogens with zero attached hydrogens (tertiary/aromatic N) is 4. The normalized spacial score (nSPS) is 15.1. The second-order valence-corrected chi connectivity index (χ2v) is 10.6.